The molecule has 2 aromatic rings. The van der Waals surface area contributed by atoms with Crippen molar-refractivity contribution in [1.29, 1.82) is 0 Å². The smallest absolute Gasteiger partial charge is 0.118 e. The van der Waals surface area contributed by atoms with E-state index in [0.717, 1.165) is 10.9 Å². The fraction of sp³-hybridized carbons (Fsp3) is 0.385. The second-order valence-electron chi connectivity index (χ2n) is 4.49. The van der Waals surface area contributed by atoms with E-state index >= 15 is 0 Å². The number of hydrogen-bond acceptors (Lipinski definition) is 0. The fourth-order valence-corrected chi connectivity index (χ4v) is 4.01. The molecule has 0 aliphatic heterocycles. The fourth-order valence-electron chi connectivity index (χ4n) is 1.97. The molecule has 0 aliphatic rings. The average molecular weight is 259 g/mol. The SMILES string of the molecule is Cc1ccc2c(c1)cc(C(C)C)[s+]2C(F)(F)F. The van der Waals surface area contributed by atoms with Gasteiger partial charge in [0.1, 0.15) is 0 Å². The molecule has 0 saturated carbocycles. The number of alkyl halides is 3. The van der Waals surface area contributed by atoms with Gasteiger partial charge in [-0.2, -0.15) is 0 Å². The lowest BCUT2D eigenvalue weighted by atomic mass is 10.1. The van der Waals surface area contributed by atoms with Crippen LogP contribution < -0.4 is 0 Å². The van der Waals surface area contributed by atoms with Gasteiger partial charge < -0.3 is 0 Å². The molecule has 1 aromatic heterocycles. The molecule has 92 valence electrons. The maximum absolute atomic E-state index is 13.1. The van der Waals surface area contributed by atoms with Gasteiger partial charge in [-0.15, -0.1) is 13.2 Å². The van der Waals surface area contributed by atoms with E-state index < -0.39 is 16.0 Å². The molecule has 1 atom stereocenters. The van der Waals surface area contributed by atoms with E-state index in [1.165, 1.54) is 0 Å². The van der Waals surface area contributed by atoms with Gasteiger partial charge in [0.15, 0.2) is 9.58 Å². The van der Waals surface area contributed by atoms with E-state index in [2.05, 4.69) is 0 Å². The van der Waals surface area contributed by atoms with Crippen LogP contribution in [0.25, 0.3) is 10.1 Å². The lowest BCUT2D eigenvalue weighted by Crippen LogP contribution is -1.99. The Balaban J connectivity index is 2.81. The molecule has 17 heavy (non-hydrogen) atoms. The minimum Gasteiger partial charge on any atom is -0.118 e. The summed E-state index contributed by atoms with van der Waals surface area (Å²) in [6, 6.07) is 6.91. The summed E-state index contributed by atoms with van der Waals surface area (Å²) in [4.78, 5) is 0.498. The van der Waals surface area contributed by atoms with Gasteiger partial charge in [-0.1, -0.05) is 25.5 Å². The van der Waals surface area contributed by atoms with Crippen LogP contribution in [-0.2, 0) is 5.51 Å². The summed E-state index contributed by atoms with van der Waals surface area (Å²) in [5.41, 5.74) is -3.17. The third-order valence-electron chi connectivity index (χ3n) is 2.72. The molecule has 0 N–H and O–H groups in total. The van der Waals surface area contributed by atoms with Crippen LogP contribution in [0.3, 0.4) is 0 Å². The van der Waals surface area contributed by atoms with E-state index in [-0.39, 0.29) is 5.92 Å². The number of fused-ring (bicyclic) bond motifs is 1. The van der Waals surface area contributed by atoms with Crippen molar-refractivity contribution in [2.24, 2.45) is 0 Å². The monoisotopic (exact) mass is 259 g/mol. The molecule has 0 radical (unpaired) electrons. The summed E-state index contributed by atoms with van der Waals surface area (Å²) in [6.07, 6.45) is 0. The molecule has 0 nitrogen and oxygen atoms in total. The van der Waals surface area contributed by atoms with Crippen LogP contribution in [0.15, 0.2) is 24.3 Å². The maximum Gasteiger partial charge on any atom is 0.600 e. The van der Waals surface area contributed by atoms with Gasteiger partial charge in [0, 0.05) is 17.4 Å². The summed E-state index contributed by atoms with van der Waals surface area (Å²) >= 11 is 0. The average Bonchev–Trinajstić information content (AvgIpc) is 2.55. The summed E-state index contributed by atoms with van der Waals surface area (Å²) < 4.78 is 39.8. The van der Waals surface area contributed by atoms with E-state index in [0.29, 0.717) is 9.58 Å². The maximum atomic E-state index is 13.1. The third-order valence-corrected chi connectivity index (χ3v) is 5.05. The second-order valence-corrected chi connectivity index (χ2v) is 6.48. The number of thiophene rings is 1. The van der Waals surface area contributed by atoms with Gasteiger partial charge in [-0.05, 0) is 19.1 Å². The highest BCUT2D eigenvalue weighted by Crippen LogP contribution is 2.52. The second kappa shape index (κ2) is 4.02. The first kappa shape index (κ1) is 12.4. The largest absolute Gasteiger partial charge is 0.600 e. The van der Waals surface area contributed by atoms with Gasteiger partial charge in [0.2, 0.25) is 0 Å². The lowest BCUT2D eigenvalue weighted by Gasteiger charge is -2.02. The summed E-state index contributed by atoms with van der Waals surface area (Å²) in [6.45, 7) is 5.53. The van der Waals surface area contributed by atoms with Crippen molar-refractivity contribution < 1.29 is 13.2 Å². The van der Waals surface area contributed by atoms with Gasteiger partial charge in [-0.3, -0.25) is 0 Å². The molecule has 0 saturated heterocycles. The van der Waals surface area contributed by atoms with Crippen molar-refractivity contribution in [3.05, 3.63) is 34.7 Å². The van der Waals surface area contributed by atoms with Crippen LogP contribution >= 0.6 is 10.5 Å². The Morgan fingerprint density at radius 3 is 2.29 bits per heavy atom. The molecule has 0 fully saturated rings. The summed E-state index contributed by atoms with van der Waals surface area (Å²) in [5, 5.41) is 0.731. The molecule has 4 heteroatoms. The summed E-state index contributed by atoms with van der Waals surface area (Å²) in [7, 11) is -1.73. The highest BCUT2D eigenvalue weighted by molar-refractivity contribution is 7.38. The predicted molar refractivity (Wildman–Crippen MR) is 66.6 cm³/mol. The molecular formula is C13H14F3S+. The Hall–Kier alpha value is -1.03. The highest BCUT2D eigenvalue weighted by Gasteiger charge is 2.48. The van der Waals surface area contributed by atoms with Crippen molar-refractivity contribution in [2.75, 3.05) is 0 Å². The standard InChI is InChI=1S/C13H14F3S/c1-8(2)12-7-10-6-9(3)4-5-11(10)17(12)13(14,15)16/h4-8H,1-3H3/q+1. The van der Waals surface area contributed by atoms with E-state index in [1.54, 1.807) is 18.2 Å². The van der Waals surface area contributed by atoms with Crippen molar-refractivity contribution in [3.8, 4) is 0 Å². The zero-order chi connectivity index (χ0) is 12.8. The molecular weight excluding hydrogens is 245 g/mol. The molecule has 0 bridgehead atoms. The Bertz CT molecular complexity index is 550. The van der Waals surface area contributed by atoms with Crippen LogP contribution in [-0.4, -0.2) is 0 Å². The zero-order valence-corrected chi connectivity index (χ0v) is 10.7. The van der Waals surface area contributed by atoms with Crippen molar-refractivity contribution in [2.45, 2.75) is 32.2 Å². The number of aryl methyl sites for hydroxylation is 1. The molecule has 1 heterocycles. The third kappa shape index (κ3) is 2.18. The minimum atomic E-state index is -4.17. The normalized spacial score (nSPS) is 13.7. The Kier molecular flexibility index (Phi) is 2.94. The van der Waals surface area contributed by atoms with Gasteiger partial charge in [-0.25, -0.2) is 0 Å². The number of benzene rings is 1. The first-order chi connectivity index (χ1) is 7.80. The summed E-state index contributed by atoms with van der Waals surface area (Å²) in [5.74, 6) is -0.0762. The Morgan fingerprint density at radius 1 is 1.12 bits per heavy atom. The van der Waals surface area contributed by atoms with Crippen LogP contribution in [0.1, 0.15) is 30.2 Å². The van der Waals surface area contributed by atoms with Crippen molar-refractivity contribution >= 4 is 20.6 Å². The van der Waals surface area contributed by atoms with E-state index in [1.807, 2.05) is 26.8 Å². The predicted octanol–water partition coefficient (Wildman–Crippen LogP) is 5.50. The minimum absolute atomic E-state index is 0.0762. The van der Waals surface area contributed by atoms with Gasteiger partial charge >= 0.3 is 5.51 Å². The topological polar surface area (TPSA) is 0 Å². The van der Waals surface area contributed by atoms with Crippen molar-refractivity contribution in [1.82, 2.24) is 0 Å². The molecule has 0 aliphatic carbocycles. The van der Waals surface area contributed by atoms with Crippen molar-refractivity contribution in [3.63, 3.8) is 0 Å². The number of rotatable bonds is 1. The zero-order valence-electron chi connectivity index (χ0n) is 9.93. The van der Waals surface area contributed by atoms with E-state index in [9.17, 15) is 13.2 Å². The Labute approximate surface area is 101 Å². The van der Waals surface area contributed by atoms with Crippen LogP contribution in [0.5, 0.6) is 0 Å². The lowest BCUT2D eigenvalue weighted by molar-refractivity contribution is -0.0868. The number of hydrogen-bond donors (Lipinski definition) is 0. The molecule has 0 amide bonds. The first-order valence-electron chi connectivity index (χ1n) is 5.44. The Morgan fingerprint density at radius 2 is 1.76 bits per heavy atom. The quantitative estimate of drug-likeness (QED) is 0.593. The van der Waals surface area contributed by atoms with Crippen LogP contribution in [0.4, 0.5) is 13.2 Å². The molecule has 1 aromatic carbocycles. The van der Waals surface area contributed by atoms with Gasteiger partial charge in [0.25, 0.3) is 0 Å². The molecule has 1 unspecified atom stereocenters. The van der Waals surface area contributed by atoms with Gasteiger partial charge in [0.05, 0.1) is 10.5 Å². The van der Waals surface area contributed by atoms with Crippen LogP contribution in [0.2, 0.25) is 0 Å². The molecule has 0 spiro atoms. The molecule has 2 rings (SSSR count). The number of halogens is 3. The van der Waals surface area contributed by atoms with Crippen LogP contribution in [0, 0.1) is 6.92 Å². The highest BCUT2D eigenvalue weighted by atomic mass is 32.2. The first-order valence-corrected chi connectivity index (χ1v) is 6.66. The van der Waals surface area contributed by atoms with E-state index in [4.69, 9.17) is 0 Å².